The highest BCUT2D eigenvalue weighted by Crippen LogP contribution is 2.38. The van der Waals surface area contributed by atoms with Crippen molar-refractivity contribution in [1.82, 2.24) is 15.0 Å². The third-order valence-corrected chi connectivity index (χ3v) is 11.8. The van der Waals surface area contributed by atoms with Crippen molar-refractivity contribution in [2.24, 2.45) is 21.1 Å². The molecule has 9 aromatic heterocycles. The van der Waals surface area contributed by atoms with Crippen molar-refractivity contribution in [2.45, 2.75) is 104 Å². The van der Waals surface area contributed by atoms with Gasteiger partial charge in [-0.05, 0) is 92.1 Å². The lowest BCUT2D eigenvalue weighted by Gasteiger charge is -2.04. The van der Waals surface area contributed by atoms with Crippen molar-refractivity contribution in [3.8, 4) is 33.8 Å². The highest BCUT2D eigenvalue weighted by Gasteiger charge is 2.23. The summed E-state index contributed by atoms with van der Waals surface area (Å²) >= 11 is 0. The molecule has 0 saturated heterocycles. The fourth-order valence-electron chi connectivity index (χ4n) is 8.62. The fraction of sp³-hybridized carbons (Fsp3) is 0.273. The summed E-state index contributed by atoms with van der Waals surface area (Å²) in [5.74, 6) is 0. The summed E-state index contributed by atoms with van der Waals surface area (Å²) in [6.45, 7) is 30.3. The number of aromatic nitrogens is 6. The van der Waals surface area contributed by atoms with Crippen LogP contribution in [0, 0.1) is 20.8 Å². The SMILES string of the molecule is CC.CC.CC.CC.CC.CC.Cc1ccc2c(oc3cccnc32)c1-c1cccc[n+]1C.Cc1ccc2c(oc3ccncc32)c1-c1cccc[n+]1C.Cc1ccc2c(oc3ncccc32)c1-c1cccc[n+]1C. The van der Waals surface area contributed by atoms with E-state index in [1.54, 1.807) is 18.6 Å². The minimum absolute atomic E-state index is 0.693. The molecule has 12 rings (SSSR count). The molecule has 0 bridgehead atoms. The molecule has 0 fully saturated rings. The van der Waals surface area contributed by atoms with E-state index in [9.17, 15) is 0 Å². The van der Waals surface area contributed by atoms with Crippen LogP contribution in [0.3, 0.4) is 0 Å². The van der Waals surface area contributed by atoms with Crippen LogP contribution in [0.1, 0.15) is 99.8 Å². The van der Waals surface area contributed by atoms with E-state index < -0.39 is 0 Å². The number of benzene rings is 3. The van der Waals surface area contributed by atoms with Crippen molar-refractivity contribution >= 4 is 66.1 Å². The van der Waals surface area contributed by atoms with Crippen molar-refractivity contribution in [3.05, 3.63) is 181 Å². The zero-order valence-electron chi connectivity index (χ0n) is 48.0. The van der Waals surface area contributed by atoms with Crippen LogP contribution in [0.15, 0.2) is 178 Å². The molecule has 0 spiro atoms. The lowest BCUT2D eigenvalue weighted by molar-refractivity contribution is -0.660. The Balaban J connectivity index is 0.000000221. The largest absolute Gasteiger partial charge is 0.455 e. The Morgan fingerprint density at radius 3 is 1.25 bits per heavy atom. The number of hydrogen-bond acceptors (Lipinski definition) is 6. The van der Waals surface area contributed by atoms with Crippen molar-refractivity contribution in [3.63, 3.8) is 0 Å². The Hall–Kier alpha value is -8.04. The van der Waals surface area contributed by atoms with Gasteiger partial charge in [0.05, 0.1) is 16.7 Å². The monoisotopic (exact) mass is 1010 g/mol. The Morgan fingerprint density at radius 1 is 0.347 bits per heavy atom. The van der Waals surface area contributed by atoms with Gasteiger partial charge in [-0.2, -0.15) is 0 Å². The third kappa shape index (κ3) is 12.8. The van der Waals surface area contributed by atoms with Crippen LogP contribution in [0.2, 0.25) is 0 Å². The van der Waals surface area contributed by atoms with Crippen molar-refractivity contribution < 1.29 is 27.0 Å². The number of fused-ring (bicyclic) bond motifs is 9. The summed E-state index contributed by atoms with van der Waals surface area (Å²) in [5, 5.41) is 5.42. The first-order valence-electron chi connectivity index (χ1n) is 26.9. The predicted octanol–water partition coefficient (Wildman–Crippen LogP) is 17.5. The van der Waals surface area contributed by atoms with Gasteiger partial charge in [0.25, 0.3) is 0 Å². The van der Waals surface area contributed by atoms with Gasteiger partial charge < -0.3 is 13.3 Å². The molecule has 0 N–H and O–H groups in total. The van der Waals surface area contributed by atoms with Gasteiger partial charge in [-0.3, -0.25) is 9.97 Å². The van der Waals surface area contributed by atoms with Crippen LogP contribution in [0.4, 0.5) is 0 Å². The summed E-state index contributed by atoms with van der Waals surface area (Å²) in [6, 6.07) is 41.1. The Kier molecular flexibility index (Phi) is 23.5. The maximum Gasteiger partial charge on any atom is 0.227 e. The van der Waals surface area contributed by atoms with Gasteiger partial charge in [0, 0.05) is 88.1 Å². The summed E-state index contributed by atoms with van der Waals surface area (Å²) < 4.78 is 24.6. The van der Waals surface area contributed by atoms with Crippen LogP contribution < -0.4 is 13.7 Å². The van der Waals surface area contributed by atoms with Crippen LogP contribution in [-0.2, 0) is 21.1 Å². The van der Waals surface area contributed by atoms with E-state index in [0.29, 0.717) is 5.71 Å². The number of nitrogens with zero attached hydrogens (tertiary/aromatic N) is 6. The average molecular weight is 1010 g/mol. The molecule has 0 aliphatic heterocycles. The minimum Gasteiger partial charge on any atom is -0.455 e. The van der Waals surface area contributed by atoms with Crippen LogP contribution >= 0.6 is 0 Å². The molecule has 0 atom stereocenters. The summed E-state index contributed by atoms with van der Waals surface area (Å²) in [6.07, 6.45) is 13.4. The molecular weight excluding hydrogens is 925 g/mol. The Morgan fingerprint density at radius 2 is 0.760 bits per heavy atom. The van der Waals surface area contributed by atoms with E-state index in [1.807, 2.05) is 132 Å². The third-order valence-electron chi connectivity index (χ3n) is 11.8. The van der Waals surface area contributed by atoms with E-state index in [4.69, 9.17) is 13.3 Å². The maximum atomic E-state index is 6.12. The minimum atomic E-state index is 0.693. The summed E-state index contributed by atoms with van der Waals surface area (Å²) in [7, 11) is 6.15. The quantitative estimate of drug-likeness (QED) is 0.164. The topological polar surface area (TPSA) is 89.7 Å². The molecule has 0 aliphatic rings. The molecule has 12 aromatic rings. The molecule has 0 aliphatic carbocycles. The number of pyridine rings is 6. The van der Waals surface area contributed by atoms with Crippen LogP contribution in [0.5, 0.6) is 0 Å². The maximum absolute atomic E-state index is 6.12. The normalized spacial score (nSPS) is 10.0. The summed E-state index contributed by atoms with van der Waals surface area (Å²) in [5.41, 5.74) is 16.5. The van der Waals surface area contributed by atoms with Gasteiger partial charge in [0.2, 0.25) is 22.8 Å². The highest BCUT2D eigenvalue weighted by atomic mass is 16.3. The highest BCUT2D eigenvalue weighted by molar-refractivity contribution is 6.10. The van der Waals surface area contributed by atoms with E-state index in [-0.39, 0.29) is 0 Å². The van der Waals surface area contributed by atoms with Crippen LogP contribution in [0.25, 0.3) is 99.8 Å². The lowest BCUT2D eigenvalue weighted by atomic mass is 10.0. The zero-order chi connectivity index (χ0) is 55.2. The van der Waals surface area contributed by atoms with Crippen molar-refractivity contribution in [1.29, 1.82) is 0 Å². The first-order chi connectivity index (χ1) is 36.8. The van der Waals surface area contributed by atoms with Gasteiger partial charge >= 0.3 is 0 Å². The number of aryl methyl sites for hydroxylation is 6. The molecule has 75 heavy (non-hydrogen) atoms. The lowest BCUT2D eigenvalue weighted by Crippen LogP contribution is -2.30. The smallest absolute Gasteiger partial charge is 0.227 e. The van der Waals surface area contributed by atoms with E-state index in [2.05, 4.69) is 168 Å². The second-order valence-electron chi connectivity index (χ2n) is 15.9. The molecule has 0 saturated carbocycles. The molecule has 390 valence electrons. The molecule has 9 nitrogen and oxygen atoms in total. The Labute approximate surface area is 446 Å². The first kappa shape index (κ1) is 59.5. The van der Waals surface area contributed by atoms with Crippen molar-refractivity contribution in [2.75, 3.05) is 0 Å². The molecule has 0 unspecified atom stereocenters. The fourth-order valence-corrected chi connectivity index (χ4v) is 8.62. The Bertz CT molecular complexity index is 3290. The van der Waals surface area contributed by atoms with E-state index in [0.717, 1.165) is 94.1 Å². The second kappa shape index (κ2) is 29.6. The summed E-state index contributed by atoms with van der Waals surface area (Å²) in [4.78, 5) is 13.0. The zero-order valence-corrected chi connectivity index (χ0v) is 48.0. The number of rotatable bonds is 3. The molecular formula is C66H81N6O3+3. The molecule has 0 amide bonds. The van der Waals surface area contributed by atoms with Gasteiger partial charge in [0.1, 0.15) is 37.8 Å². The van der Waals surface area contributed by atoms with Gasteiger partial charge in [-0.1, -0.05) is 113 Å². The van der Waals surface area contributed by atoms with Gasteiger partial charge in [0.15, 0.2) is 35.3 Å². The number of furan rings is 3. The van der Waals surface area contributed by atoms with Gasteiger partial charge in [-0.25, -0.2) is 18.7 Å². The van der Waals surface area contributed by atoms with Gasteiger partial charge in [-0.15, -0.1) is 0 Å². The van der Waals surface area contributed by atoms with E-state index >= 15 is 0 Å². The molecule has 9 heteroatoms. The van der Waals surface area contributed by atoms with Crippen LogP contribution in [-0.4, -0.2) is 15.0 Å². The second-order valence-corrected chi connectivity index (χ2v) is 15.9. The molecule has 0 radical (unpaired) electrons. The number of hydrogen-bond donors (Lipinski definition) is 0. The predicted molar refractivity (Wildman–Crippen MR) is 317 cm³/mol. The van der Waals surface area contributed by atoms with E-state index in [1.165, 1.54) is 16.7 Å². The molecule has 3 aromatic carbocycles. The average Bonchev–Trinajstić information content (AvgIpc) is 4.17. The molecule has 9 heterocycles. The first-order valence-corrected chi connectivity index (χ1v) is 26.9. The standard InChI is InChI=1S/3C18H15N2O.6C2H6/c1-12-8-9-13-14-6-5-10-19-18(14)21-17(13)16(12)15-7-3-4-11-20(15)2;1-12-8-9-13-17-15(7-5-10-19-17)21-18(13)16(12)14-6-3-4-11-20(14)2;1-12-6-7-13-14-11-19-9-8-16(14)21-18(13)17(12)15-5-3-4-10-20(15)2;6*1-2/h3*3-11H,1-2H3;6*1-2H3/q3*+1;;;;;;.